The van der Waals surface area contributed by atoms with Crippen LogP contribution in [0, 0.1) is 11.8 Å². The number of carbonyl (C=O) groups is 2. The van der Waals surface area contributed by atoms with Crippen molar-refractivity contribution in [2.24, 2.45) is 11.8 Å². The van der Waals surface area contributed by atoms with Crippen LogP contribution in [0.5, 0.6) is 0 Å². The second-order valence-electron chi connectivity index (χ2n) is 7.72. The Balaban J connectivity index is -0.00000338. The van der Waals surface area contributed by atoms with E-state index in [2.05, 4.69) is 6.92 Å². The molecular formula is C19H34Na2O7S. The summed E-state index contributed by atoms with van der Waals surface area (Å²) in [5, 5.41) is 23.3. The van der Waals surface area contributed by atoms with Crippen LogP contribution in [0.2, 0.25) is 0 Å². The zero-order chi connectivity index (χ0) is 21.1. The molecule has 0 amide bonds. The van der Waals surface area contributed by atoms with Gasteiger partial charge in [0.2, 0.25) is 0 Å². The molecule has 0 aliphatic carbocycles. The summed E-state index contributed by atoms with van der Waals surface area (Å²) >= 11 is 0. The van der Waals surface area contributed by atoms with Crippen molar-refractivity contribution in [3.63, 3.8) is 0 Å². The Hall–Kier alpha value is 0.850. The SMILES string of the molecule is CCCCCCCCCCC(C(=O)[O-])(C(CCC(C)C)C(=O)[O-])S(=O)(=O)O.[Na+].[Na+]. The first-order valence-corrected chi connectivity index (χ1v) is 11.3. The molecule has 7 nitrogen and oxygen atoms in total. The molecule has 0 aromatic carbocycles. The Morgan fingerprint density at radius 3 is 1.69 bits per heavy atom. The van der Waals surface area contributed by atoms with Gasteiger partial charge in [-0.3, -0.25) is 4.55 Å². The van der Waals surface area contributed by atoms with E-state index in [9.17, 15) is 32.8 Å². The number of hydrogen-bond donors (Lipinski definition) is 1. The summed E-state index contributed by atoms with van der Waals surface area (Å²) in [5.41, 5.74) is 0. The fourth-order valence-corrected chi connectivity index (χ4v) is 4.58. The van der Waals surface area contributed by atoms with E-state index < -0.39 is 39.1 Å². The molecule has 0 aromatic heterocycles. The quantitative estimate of drug-likeness (QED) is 0.142. The molecule has 0 aliphatic heterocycles. The Morgan fingerprint density at radius 2 is 1.34 bits per heavy atom. The van der Waals surface area contributed by atoms with E-state index >= 15 is 0 Å². The molecule has 0 aliphatic rings. The molecule has 29 heavy (non-hydrogen) atoms. The van der Waals surface area contributed by atoms with Crippen LogP contribution in [-0.4, -0.2) is 29.7 Å². The van der Waals surface area contributed by atoms with Crippen molar-refractivity contribution in [3.8, 4) is 0 Å². The third kappa shape index (κ3) is 11.9. The van der Waals surface area contributed by atoms with Gasteiger partial charge in [-0.2, -0.15) is 8.42 Å². The van der Waals surface area contributed by atoms with Crippen LogP contribution in [0.25, 0.3) is 0 Å². The van der Waals surface area contributed by atoms with Gasteiger partial charge in [0.05, 0.1) is 5.97 Å². The van der Waals surface area contributed by atoms with E-state index in [1.165, 1.54) is 0 Å². The standard InChI is InChI=1S/C19H36O7S.2Na/c1-4-5-6-7-8-9-10-11-14-19(18(22)23,27(24,25)26)16(17(20)21)13-12-15(2)3;;/h15-16H,4-14H2,1-3H3,(H,20,21)(H,22,23)(H,24,25,26);;/q;2*+1/p-2. The summed E-state index contributed by atoms with van der Waals surface area (Å²) in [7, 11) is -5.21. The van der Waals surface area contributed by atoms with E-state index in [1.54, 1.807) is 13.8 Å². The van der Waals surface area contributed by atoms with Gasteiger partial charge in [0.1, 0.15) is 4.75 Å². The van der Waals surface area contributed by atoms with Crippen LogP contribution < -0.4 is 69.3 Å². The van der Waals surface area contributed by atoms with Crippen LogP contribution in [-0.2, 0) is 19.7 Å². The van der Waals surface area contributed by atoms with E-state index in [0.29, 0.717) is 12.8 Å². The van der Waals surface area contributed by atoms with Crippen LogP contribution in [0.15, 0.2) is 0 Å². The maximum absolute atomic E-state index is 12.0. The number of unbranched alkanes of at least 4 members (excludes halogenated alkanes) is 7. The molecule has 0 radical (unpaired) electrons. The smallest absolute Gasteiger partial charge is 0.550 e. The van der Waals surface area contributed by atoms with Crippen LogP contribution in [0.1, 0.15) is 91.4 Å². The van der Waals surface area contributed by atoms with Crippen molar-refractivity contribution >= 4 is 22.1 Å². The molecule has 0 heterocycles. The maximum Gasteiger partial charge on any atom is 1.00 e. The van der Waals surface area contributed by atoms with E-state index in [-0.39, 0.29) is 77.9 Å². The molecule has 0 spiro atoms. The van der Waals surface area contributed by atoms with E-state index in [0.717, 1.165) is 38.5 Å². The Labute approximate surface area is 220 Å². The van der Waals surface area contributed by atoms with Crippen molar-refractivity contribution in [3.05, 3.63) is 0 Å². The number of rotatable bonds is 16. The topological polar surface area (TPSA) is 135 Å². The zero-order valence-corrected chi connectivity index (χ0v) is 23.6. The minimum Gasteiger partial charge on any atom is -0.550 e. The van der Waals surface area contributed by atoms with Crippen LogP contribution in [0.3, 0.4) is 0 Å². The van der Waals surface area contributed by atoms with Gasteiger partial charge in [-0.25, -0.2) is 0 Å². The fourth-order valence-electron chi connectivity index (χ4n) is 3.40. The van der Waals surface area contributed by atoms with Gasteiger partial charge in [0, 0.05) is 11.9 Å². The first kappa shape index (κ1) is 34.5. The summed E-state index contributed by atoms with van der Waals surface area (Å²) in [4.78, 5) is 23.3. The van der Waals surface area contributed by atoms with Crippen molar-refractivity contribution < 1.29 is 91.9 Å². The van der Waals surface area contributed by atoms with Gasteiger partial charge < -0.3 is 19.8 Å². The van der Waals surface area contributed by atoms with Crippen molar-refractivity contribution in [1.82, 2.24) is 0 Å². The predicted molar refractivity (Wildman–Crippen MR) is 99.1 cm³/mol. The summed E-state index contributed by atoms with van der Waals surface area (Å²) in [6.45, 7) is 5.72. The van der Waals surface area contributed by atoms with Gasteiger partial charge in [-0.1, -0.05) is 78.6 Å². The molecule has 0 aromatic rings. The molecule has 0 bridgehead atoms. The minimum atomic E-state index is -5.21. The summed E-state index contributed by atoms with van der Waals surface area (Å²) < 4.78 is 30.7. The molecule has 1 N–H and O–H groups in total. The van der Waals surface area contributed by atoms with Crippen LogP contribution in [0.4, 0.5) is 0 Å². The molecule has 0 saturated heterocycles. The normalized spacial score (nSPS) is 14.4. The fraction of sp³-hybridized carbons (Fsp3) is 0.895. The second kappa shape index (κ2) is 17.4. The third-order valence-electron chi connectivity index (χ3n) is 5.09. The maximum atomic E-state index is 12.0. The van der Waals surface area contributed by atoms with Gasteiger partial charge in [-0.05, 0) is 18.8 Å². The minimum absolute atomic E-state index is 0. The average Bonchev–Trinajstić information content (AvgIpc) is 2.53. The first-order chi connectivity index (χ1) is 12.5. The Morgan fingerprint density at radius 1 is 0.897 bits per heavy atom. The number of hydrogen-bond acceptors (Lipinski definition) is 6. The third-order valence-corrected chi connectivity index (χ3v) is 6.66. The predicted octanol–water partition coefficient (Wildman–Crippen LogP) is -4.30. The number of aliphatic carboxylic acids is 2. The van der Waals surface area contributed by atoms with E-state index in [1.807, 2.05) is 0 Å². The van der Waals surface area contributed by atoms with Crippen molar-refractivity contribution in [2.75, 3.05) is 0 Å². The Bertz CT molecular complexity index is 567. The molecule has 2 unspecified atom stereocenters. The molecule has 0 saturated carbocycles. The van der Waals surface area contributed by atoms with Crippen LogP contribution >= 0.6 is 0 Å². The summed E-state index contributed by atoms with van der Waals surface area (Å²) in [6.07, 6.45) is 6.49. The molecule has 160 valence electrons. The largest absolute Gasteiger partial charge is 1.00 e. The molecular weight excluding hydrogens is 418 g/mol. The summed E-state index contributed by atoms with van der Waals surface area (Å²) in [5.74, 6) is -5.69. The van der Waals surface area contributed by atoms with Crippen molar-refractivity contribution in [2.45, 2.75) is 96.1 Å². The second-order valence-corrected chi connectivity index (χ2v) is 9.40. The van der Waals surface area contributed by atoms with E-state index in [4.69, 9.17) is 0 Å². The first-order valence-electron chi connectivity index (χ1n) is 9.90. The number of carboxylic acid groups (broad SMARTS) is 2. The van der Waals surface area contributed by atoms with Crippen molar-refractivity contribution in [1.29, 1.82) is 0 Å². The van der Waals surface area contributed by atoms with Gasteiger partial charge >= 0.3 is 59.1 Å². The average molecular weight is 453 g/mol. The van der Waals surface area contributed by atoms with Gasteiger partial charge in [0.25, 0.3) is 10.1 Å². The number of carbonyl (C=O) groups excluding carboxylic acids is 2. The van der Waals surface area contributed by atoms with Gasteiger partial charge in [-0.15, -0.1) is 0 Å². The van der Waals surface area contributed by atoms with Gasteiger partial charge in [0.15, 0.2) is 0 Å². The molecule has 2 atom stereocenters. The Kier molecular flexibility index (Phi) is 20.7. The number of carboxylic acids is 2. The molecule has 10 heteroatoms. The monoisotopic (exact) mass is 452 g/mol. The molecule has 0 rings (SSSR count). The summed E-state index contributed by atoms with van der Waals surface area (Å²) in [6, 6.07) is 0. The zero-order valence-electron chi connectivity index (χ0n) is 18.7. The molecule has 0 fully saturated rings.